The highest BCUT2D eigenvalue weighted by Gasteiger charge is 2.30. The van der Waals surface area contributed by atoms with Gasteiger partial charge in [-0.05, 0) is 38.2 Å². The molecule has 2 aromatic heterocycles. The summed E-state index contributed by atoms with van der Waals surface area (Å²) in [5, 5.41) is 9.30. The first-order valence-corrected chi connectivity index (χ1v) is 10.9. The molecular weight excluding hydrogens is 370 g/mol. The third-order valence-electron chi connectivity index (χ3n) is 6.38. The number of hydrogen-bond donors (Lipinski definition) is 1. The Morgan fingerprint density at radius 2 is 2.04 bits per heavy atom. The number of aryl methyl sites for hydroxylation is 1. The predicted octanol–water partition coefficient (Wildman–Crippen LogP) is 4.42. The van der Waals surface area contributed by atoms with Crippen molar-refractivity contribution in [2.45, 2.75) is 59.0 Å². The van der Waals surface area contributed by atoms with Crippen LogP contribution in [0.3, 0.4) is 0 Å². The van der Waals surface area contributed by atoms with Gasteiger partial charge in [-0.2, -0.15) is 5.10 Å². The fraction of sp³-hybridized carbons (Fsp3) is 0.500. The van der Waals surface area contributed by atoms with Gasteiger partial charge in [0.2, 0.25) is 5.91 Å². The number of nitrogens with one attached hydrogen (secondary N) is 1. The first-order valence-electron chi connectivity index (χ1n) is 10.1. The van der Waals surface area contributed by atoms with Crippen molar-refractivity contribution in [3.8, 4) is 0 Å². The number of carbonyl (C=O) groups excluding carboxylic acids is 1. The first-order chi connectivity index (χ1) is 13.4. The number of benzene rings is 1. The SMILES string of the molecule is Cc1nn([C@H](C)C(=O)N[C@@H]2CCC[C@H](C)[C@@H]2C)c(=O)c2c1sc1ccccc12. The largest absolute Gasteiger partial charge is 0.351 e. The number of thiophene rings is 1. The minimum Gasteiger partial charge on any atom is -0.351 e. The summed E-state index contributed by atoms with van der Waals surface area (Å²) in [6, 6.07) is 7.43. The van der Waals surface area contributed by atoms with Gasteiger partial charge in [-0.25, -0.2) is 4.68 Å². The zero-order valence-electron chi connectivity index (χ0n) is 16.9. The molecule has 0 radical (unpaired) electrons. The van der Waals surface area contributed by atoms with Crippen molar-refractivity contribution in [3.05, 3.63) is 40.3 Å². The normalized spacial score (nSPS) is 23.8. The zero-order chi connectivity index (χ0) is 20.0. The van der Waals surface area contributed by atoms with Gasteiger partial charge in [-0.15, -0.1) is 11.3 Å². The molecule has 1 saturated carbocycles. The maximum Gasteiger partial charge on any atom is 0.276 e. The standard InChI is InChI=1S/C22H27N3O2S/c1-12-8-7-10-17(13(12)2)23-21(26)15(4)25-22(27)19-16-9-5-6-11-18(16)28-20(19)14(3)24-25/h5-6,9,11-13,15,17H,7-8,10H2,1-4H3,(H,23,26)/t12-,13-,15+,17+/m0/s1. The number of amides is 1. The Kier molecular flexibility index (Phi) is 5.00. The van der Waals surface area contributed by atoms with Crippen molar-refractivity contribution in [3.63, 3.8) is 0 Å². The molecule has 4 rings (SSSR count). The van der Waals surface area contributed by atoms with Crippen LogP contribution in [-0.2, 0) is 4.79 Å². The van der Waals surface area contributed by atoms with Crippen LogP contribution in [0.4, 0.5) is 0 Å². The first kappa shape index (κ1) is 19.1. The third kappa shape index (κ3) is 3.13. The van der Waals surface area contributed by atoms with Crippen LogP contribution in [0.2, 0.25) is 0 Å². The van der Waals surface area contributed by atoms with Crippen LogP contribution in [0.5, 0.6) is 0 Å². The van der Waals surface area contributed by atoms with E-state index >= 15 is 0 Å². The van der Waals surface area contributed by atoms with Crippen molar-refractivity contribution in [2.24, 2.45) is 11.8 Å². The van der Waals surface area contributed by atoms with E-state index in [2.05, 4.69) is 24.3 Å². The Morgan fingerprint density at radius 1 is 1.29 bits per heavy atom. The highest BCUT2D eigenvalue weighted by molar-refractivity contribution is 7.26. The summed E-state index contributed by atoms with van der Waals surface area (Å²) in [6.07, 6.45) is 3.35. The number of fused-ring (bicyclic) bond motifs is 3. The molecule has 0 unspecified atom stereocenters. The van der Waals surface area contributed by atoms with E-state index in [0.717, 1.165) is 33.3 Å². The second kappa shape index (κ2) is 7.32. The van der Waals surface area contributed by atoms with Crippen molar-refractivity contribution in [1.29, 1.82) is 0 Å². The Bertz CT molecular complexity index is 1100. The van der Waals surface area contributed by atoms with Gasteiger partial charge < -0.3 is 5.32 Å². The summed E-state index contributed by atoms with van der Waals surface area (Å²) in [4.78, 5) is 26.2. The Labute approximate surface area is 168 Å². The topological polar surface area (TPSA) is 64.0 Å². The number of rotatable bonds is 3. The summed E-state index contributed by atoms with van der Waals surface area (Å²) in [5.74, 6) is 0.921. The van der Waals surface area contributed by atoms with Crippen LogP contribution in [0.15, 0.2) is 29.1 Å². The van der Waals surface area contributed by atoms with E-state index < -0.39 is 6.04 Å². The lowest BCUT2D eigenvalue weighted by Crippen LogP contribution is -2.47. The number of aromatic nitrogens is 2. The maximum absolute atomic E-state index is 13.2. The van der Waals surface area contributed by atoms with Gasteiger partial charge in [0.25, 0.3) is 5.56 Å². The molecule has 5 nitrogen and oxygen atoms in total. The number of nitrogens with zero attached hydrogens (tertiary/aromatic N) is 2. The van der Waals surface area contributed by atoms with Crippen molar-refractivity contribution in [2.75, 3.05) is 0 Å². The summed E-state index contributed by atoms with van der Waals surface area (Å²) < 4.78 is 3.34. The average Bonchev–Trinajstić information content (AvgIpc) is 3.08. The van der Waals surface area contributed by atoms with Gasteiger partial charge in [0, 0.05) is 16.1 Å². The van der Waals surface area contributed by atoms with E-state index in [0.29, 0.717) is 17.2 Å². The minimum absolute atomic E-state index is 0.126. The highest BCUT2D eigenvalue weighted by Crippen LogP contribution is 2.33. The minimum atomic E-state index is -0.640. The summed E-state index contributed by atoms with van der Waals surface area (Å²) in [6.45, 7) is 8.12. The quantitative estimate of drug-likeness (QED) is 0.711. The van der Waals surface area contributed by atoms with Crippen molar-refractivity contribution < 1.29 is 4.79 Å². The molecule has 0 aliphatic heterocycles. The molecule has 1 aromatic carbocycles. The van der Waals surface area contributed by atoms with Gasteiger partial charge in [-0.1, -0.05) is 44.9 Å². The molecule has 1 aliphatic carbocycles. The molecule has 28 heavy (non-hydrogen) atoms. The van der Waals surface area contributed by atoms with Crippen LogP contribution in [0, 0.1) is 18.8 Å². The molecule has 1 amide bonds. The highest BCUT2D eigenvalue weighted by atomic mass is 32.1. The lowest BCUT2D eigenvalue weighted by Gasteiger charge is -2.35. The van der Waals surface area contributed by atoms with E-state index in [4.69, 9.17) is 0 Å². The van der Waals surface area contributed by atoms with Crippen LogP contribution in [-0.4, -0.2) is 21.7 Å². The predicted molar refractivity (Wildman–Crippen MR) is 115 cm³/mol. The number of hydrogen-bond acceptors (Lipinski definition) is 4. The summed E-state index contributed by atoms with van der Waals surface area (Å²) in [7, 11) is 0. The molecule has 0 saturated heterocycles. The van der Waals surface area contributed by atoms with E-state index in [1.165, 1.54) is 11.1 Å². The van der Waals surface area contributed by atoms with E-state index in [1.54, 1.807) is 18.3 Å². The number of carbonyl (C=O) groups is 1. The molecular formula is C22H27N3O2S. The fourth-order valence-corrected chi connectivity index (χ4v) is 5.48. The molecule has 0 spiro atoms. The molecule has 1 fully saturated rings. The second-order valence-corrected chi connectivity index (χ2v) is 9.25. The lowest BCUT2D eigenvalue weighted by atomic mass is 9.78. The molecule has 148 valence electrons. The van der Waals surface area contributed by atoms with Crippen LogP contribution < -0.4 is 10.9 Å². The fourth-order valence-electron chi connectivity index (χ4n) is 4.34. The van der Waals surface area contributed by atoms with Crippen molar-refractivity contribution in [1.82, 2.24) is 15.1 Å². The average molecular weight is 398 g/mol. The molecule has 4 atom stereocenters. The molecule has 3 aromatic rings. The lowest BCUT2D eigenvalue weighted by molar-refractivity contribution is -0.125. The van der Waals surface area contributed by atoms with E-state index in [-0.39, 0.29) is 17.5 Å². The molecule has 1 N–H and O–H groups in total. The van der Waals surface area contributed by atoms with E-state index in [1.807, 2.05) is 31.2 Å². The van der Waals surface area contributed by atoms with Gasteiger partial charge in [0.05, 0.1) is 15.8 Å². The Morgan fingerprint density at radius 3 is 2.82 bits per heavy atom. The van der Waals surface area contributed by atoms with Gasteiger partial charge in [0.15, 0.2) is 0 Å². The van der Waals surface area contributed by atoms with E-state index in [9.17, 15) is 9.59 Å². The zero-order valence-corrected chi connectivity index (χ0v) is 17.7. The van der Waals surface area contributed by atoms with Gasteiger partial charge >= 0.3 is 0 Å². The monoisotopic (exact) mass is 397 g/mol. The van der Waals surface area contributed by atoms with Gasteiger partial charge in [0.1, 0.15) is 6.04 Å². The van der Waals surface area contributed by atoms with Crippen LogP contribution in [0.1, 0.15) is 51.8 Å². The molecule has 6 heteroatoms. The Hall–Kier alpha value is -2.21. The maximum atomic E-state index is 13.2. The van der Waals surface area contributed by atoms with Crippen LogP contribution >= 0.6 is 11.3 Å². The summed E-state index contributed by atoms with van der Waals surface area (Å²) in [5.41, 5.74) is 0.598. The Balaban J connectivity index is 1.70. The third-order valence-corrected chi connectivity index (χ3v) is 7.66. The summed E-state index contributed by atoms with van der Waals surface area (Å²) >= 11 is 1.58. The van der Waals surface area contributed by atoms with Crippen LogP contribution in [0.25, 0.3) is 20.2 Å². The second-order valence-electron chi connectivity index (χ2n) is 8.20. The van der Waals surface area contributed by atoms with Crippen molar-refractivity contribution >= 4 is 37.4 Å². The van der Waals surface area contributed by atoms with Gasteiger partial charge in [-0.3, -0.25) is 9.59 Å². The molecule has 2 heterocycles. The molecule has 1 aliphatic rings. The smallest absolute Gasteiger partial charge is 0.276 e. The molecule has 0 bridgehead atoms.